The number of amidine groups is 1. The van der Waals surface area contributed by atoms with Crippen molar-refractivity contribution in [3.05, 3.63) is 177 Å². The van der Waals surface area contributed by atoms with Gasteiger partial charge in [0.15, 0.2) is 5.17 Å². The van der Waals surface area contributed by atoms with Gasteiger partial charge in [0, 0.05) is 5.70 Å². The van der Waals surface area contributed by atoms with Gasteiger partial charge in [-0.2, -0.15) is 4.99 Å². The lowest BCUT2D eigenvalue weighted by molar-refractivity contribution is -0.126. The number of nitrogens with zero attached hydrogens (tertiary/aromatic N) is 2. The van der Waals surface area contributed by atoms with E-state index in [4.69, 9.17) is 9.84 Å². The first-order valence-corrected chi connectivity index (χ1v) is 18.2. The van der Waals surface area contributed by atoms with Crippen LogP contribution in [0.3, 0.4) is 0 Å². The molecule has 4 aromatic carbocycles. The molecular formula is C41H34IN3O6S. The van der Waals surface area contributed by atoms with Gasteiger partial charge < -0.3 is 15.2 Å². The highest BCUT2D eigenvalue weighted by Crippen LogP contribution is 2.29. The average molecular weight is 824 g/mol. The molecule has 1 aliphatic rings. The Kier molecular flexibility index (Phi) is 13.1. The molecule has 0 aromatic heterocycles. The smallest absolute Gasteiger partial charge is 0.335 e. The summed E-state index contributed by atoms with van der Waals surface area (Å²) in [4.78, 5) is 57.6. The summed E-state index contributed by atoms with van der Waals surface area (Å²) in [6, 6.07) is 30.5. The second kappa shape index (κ2) is 18.1. The molecule has 262 valence electrons. The van der Waals surface area contributed by atoms with E-state index in [1.807, 2.05) is 60.7 Å². The molecule has 11 heteroatoms. The van der Waals surface area contributed by atoms with Crippen molar-refractivity contribution >= 4 is 69.3 Å². The van der Waals surface area contributed by atoms with Crippen LogP contribution in [0.15, 0.2) is 150 Å². The Morgan fingerprint density at radius 2 is 1.63 bits per heavy atom. The van der Waals surface area contributed by atoms with E-state index in [-0.39, 0.29) is 34.6 Å². The molecule has 0 saturated heterocycles. The van der Waals surface area contributed by atoms with Crippen molar-refractivity contribution in [2.24, 2.45) is 4.99 Å². The van der Waals surface area contributed by atoms with Crippen molar-refractivity contribution in [2.75, 3.05) is 5.75 Å². The van der Waals surface area contributed by atoms with Crippen molar-refractivity contribution in [3.63, 3.8) is 0 Å². The third kappa shape index (κ3) is 9.62. The number of nitrogens with one attached hydrogen (secondary N) is 1. The van der Waals surface area contributed by atoms with Gasteiger partial charge in [-0.15, -0.1) is 0 Å². The lowest BCUT2D eigenvalue weighted by Crippen LogP contribution is -2.42. The van der Waals surface area contributed by atoms with Crippen LogP contribution in [0.2, 0.25) is 0 Å². The number of carbonyl (C=O) groups excluding carboxylic acids is 3. The van der Waals surface area contributed by atoms with Gasteiger partial charge in [0.2, 0.25) is 5.91 Å². The molecule has 0 radical (unpaired) electrons. The van der Waals surface area contributed by atoms with E-state index in [0.717, 1.165) is 32.0 Å². The fourth-order valence-electron chi connectivity index (χ4n) is 5.19. The van der Waals surface area contributed by atoms with Crippen LogP contribution in [0.4, 0.5) is 0 Å². The van der Waals surface area contributed by atoms with E-state index in [2.05, 4.69) is 39.5 Å². The number of carbonyl (C=O) groups is 4. The van der Waals surface area contributed by atoms with Gasteiger partial charge in [0.25, 0.3) is 11.8 Å². The molecule has 0 fully saturated rings. The molecule has 2 N–H and O–H groups in total. The molecule has 52 heavy (non-hydrogen) atoms. The van der Waals surface area contributed by atoms with Crippen LogP contribution < -0.4 is 10.1 Å². The Hall–Kier alpha value is -5.53. The zero-order valence-electron chi connectivity index (χ0n) is 28.1. The third-order valence-electron chi connectivity index (χ3n) is 7.78. The number of amides is 3. The van der Waals surface area contributed by atoms with Gasteiger partial charge in [-0.1, -0.05) is 115 Å². The minimum absolute atomic E-state index is 0.0785. The summed E-state index contributed by atoms with van der Waals surface area (Å²) in [6.07, 6.45) is 8.12. The molecule has 0 aliphatic carbocycles. The Bertz CT molecular complexity index is 2050. The minimum Gasteiger partial charge on any atom is -0.488 e. The first kappa shape index (κ1) is 37.7. The standard InChI is InChI=1S/C41H34IN3O6S/c1-3-5-16-32(4-2)45-39(48)33(23-28-19-22-35(34(42)24-28)51-25-27-17-20-31(21-18-27)40(49)50)38(47)44-41(45)52-26-36(46)43-37(29-12-8-6-9-13-29)30-14-10-7-11-15-30/h3-24,37H,1,25-26H2,2H3,(H,43,46)(H,49,50)/b16-5-,32-4+,33-23+. The number of carboxylic acid groups (broad SMARTS) is 1. The molecule has 4 aromatic rings. The summed E-state index contributed by atoms with van der Waals surface area (Å²) in [7, 11) is 0. The third-order valence-corrected chi connectivity index (χ3v) is 9.56. The predicted octanol–water partition coefficient (Wildman–Crippen LogP) is 7.96. The van der Waals surface area contributed by atoms with Crippen molar-refractivity contribution in [2.45, 2.75) is 19.6 Å². The Morgan fingerprint density at radius 1 is 0.981 bits per heavy atom. The molecule has 0 saturated carbocycles. The molecule has 9 nitrogen and oxygen atoms in total. The fourth-order valence-corrected chi connectivity index (χ4v) is 6.69. The Balaban J connectivity index is 1.35. The number of thioether (sulfide) groups is 1. The van der Waals surface area contributed by atoms with E-state index >= 15 is 0 Å². The first-order chi connectivity index (χ1) is 25.2. The number of allylic oxidation sites excluding steroid dienone is 4. The molecule has 1 heterocycles. The number of halogens is 1. The van der Waals surface area contributed by atoms with E-state index in [1.165, 1.54) is 23.1 Å². The normalized spacial score (nSPS) is 14.1. The van der Waals surface area contributed by atoms with Crippen molar-refractivity contribution in [3.8, 4) is 5.75 Å². The molecule has 1 aliphatic heterocycles. The maximum atomic E-state index is 14.1. The summed E-state index contributed by atoms with van der Waals surface area (Å²) in [5.41, 5.74) is 3.71. The Labute approximate surface area is 319 Å². The quantitative estimate of drug-likeness (QED) is 0.0607. The van der Waals surface area contributed by atoms with Gasteiger partial charge in [0.05, 0.1) is 20.9 Å². The number of rotatable bonds is 13. The summed E-state index contributed by atoms with van der Waals surface area (Å²) in [5, 5.41) is 12.3. The van der Waals surface area contributed by atoms with Crippen LogP contribution in [-0.2, 0) is 21.0 Å². The van der Waals surface area contributed by atoms with Gasteiger partial charge >= 0.3 is 5.97 Å². The topological polar surface area (TPSA) is 125 Å². The number of benzene rings is 4. The number of hydrogen-bond acceptors (Lipinski definition) is 6. The van der Waals surface area contributed by atoms with Gasteiger partial charge in [0.1, 0.15) is 17.9 Å². The SMILES string of the molecule is C=C/C=C\C(=C/C)N1C(=O)/C(=C/c2ccc(OCc3ccc(C(=O)O)cc3)c(I)c2)C(=O)N=C1SCC(=O)NC(c1ccccc1)c1ccccc1. The maximum absolute atomic E-state index is 14.1. The van der Waals surface area contributed by atoms with Gasteiger partial charge in [-0.3, -0.25) is 19.3 Å². The molecule has 0 spiro atoms. The van der Waals surface area contributed by atoms with Crippen molar-refractivity contribution < 1.29 is 29.0 Å². The highest BCUT2D eigenvalue weighted by molar-refractivity contribution is 14.1. The lowest BCUT2D eigenvalue weighted by Gasteiger charge is -2.28. The van der Waals surface area contributed by atoms with Crippen LogP contribution in [0.25, 0.3) is 6.08 Å². The fraction of sp³-hybridized carbons (Fsp3) is 0.0976. The number of carboxylic acids is 1. The van der Waals surface area contributed by atoms with Crippen LogP contribution in [0.5, 0.6) is 5.75 Å². The molecular weight excluding hydrogens is 789 g/mol. The number of hydrogen-bond donors (Lipinski definition) is 2. The molecule has 0 atom stereocenters. The van der Waals surface area contributed by atoms with Crippen LogP contribution >= 0.6 is 34.4 Å². The van der Waals surface area contributed by atoms with Crippen LogP contribution in [0, 0.1) is 3.57 Å². The summed E-state index contributed by atoms with van der Waals surface area (Å²) in [5.74, 6) is -2.13. The highest BCUT2D eigenvalue weighted by Gasteiger charge is 2.35. The molecule has 5 rings (SSSR count). The van der Waals surface area contributed by atoms with E-state index in [1.54, 1.807) is 61.6 Å². The Morgan fingerprint density at radius 3 is 2.21 bits per heavy atom. The lowest BCUT2D eigenvalue weighted by atomic mass is 9.99. The highest BCUT2D eigenvalue weighted by atomic mass is 127. The van der Waals surface area contributed by atoms with E-state index in [9.17, 15) is 19.2 Å². The minimum atomic E-state index is -1.00. The second-order valence-electron chi connectivity index (χ2n) is 11.3. The number of aromatic carboxylic acids is 1. The van der Waals surface area contributed by atoms with E-state index < -0.39 is 23.8 Å². The number of aliphatic imine (C=N–C) groups is 1. The summed E-state index contributed by atoms with van der Waals surface area (Å²) < 4.78 is 6.68. The van der Waals surface area contributed by atoms with Gasteiger partial charge in [-0.05, 0) is 88.2 Å². The van der Waals surface area contributed by atoms with Crippen molar-refractivity contribution in [1.82, 2.24) is 10.2 Å². The maximum Gasteiger partial charge on any atom is 0.335 e. The molecule has 0 unspecified atom stereocenters. The summed E-state index contributed by atoms with van der Waals surface area (Å²) in [6.45, 7) is 5.70. The number of ether oxygens (including phenoxy) is 1. The van der Waals surface area contributed by atoms with Crippen LogP contribution in [0.1, 0.15) is 45.6 Å². The zero-order chi connectivity index (χ0) is 37.0. The summed E-state index contributed by atoms with van der Waals surface area (Å²) >= 11 is 3.11. The molecule has 3 amide bonds. The van der Waals surface area contributed by atoms with Crippen molar-refractivity contribution in [1.29, 1.82) is 0 Å². The van der Waals surface area contributed by atoms with E-state index in [0.29, 0.717) is 17.0 Å². The molecule has 0 bridgehead atoms. The largest absolute Gasteiger partial charge is 0.488 e. The zero-order valence-corrected chi connectivity index (χ0v) is 31.0. The average Bonchev–Trinajstić information content (AvgIpc) is 3.16. The predicted molar refractivity (Wildman–Crippen MR) is 213 cm³/mol. The second-order valence-corrected chi connectivity index (χ2v) is 13.4. The van der Waals surface area contributed by atoms with Crippen LogP contribution in [-0.4, -0.2) is 44.6 Å². The van der Waals surface area contributed by atoms with Gasteiger partial charge in [-0.25, -0.2) is 4.79 Å². The monoisotopic (exact) mass is 823 g/mol. The first-order valence-electron chi connectivity index (χ1n) is 16.1.